The number of hydrogen-bond donors (Lipinski definition) is 1. The molecular formula is C10H18N2O. The first-order valence-electron chi connectivity index (χ1n) is 4.64. The lowest BCUT2D eigenvalue weighted by molar-refractivity contribution is 0.0371. The minimum Gasteiger partial charge on any atom is -0.385 e. The molecule has 0 aliphatic carbocycles. The average molecular weight is 182 g/mol. The van der Waals surface area contributed by atoms with E-state index >= 15 is 0 Å². The van der Waals surface area contributed by atoms with Crippen LogP contribution in [0.25, 0.3) is 0 Å². The van der Waals surface area contributed by atoms with Gasteiger partial charge < -0.3 is 9.67 Å². The first-order valence-corrected chi connectivity index (χ1v) is 4.64. The summed E-state index contributed by atoms with van der Waals surface area (Å²) in [6.45, 7) is 6.17. The van der Waals surface area contributed by atoms with Crippen molar-refractivity contribution in [1.29, 1.82) is 0 Å². The molecule has 74 valence electrons. The van der Waals surface area contributed by atoms with Crippen LogP contribution >= 0.6 is 0 Å². The molecule has 3 heteroatoms. The fourth-order valence-electron chi connectivity index (χ4n) is 1.18. The molecule has 0 bridgehead atoms. The molecule has 0 fully saturated rings. The predicted octanol–water partition coefficient (Wildman–Crippen LogP) is 1.89. The van der Waals surface area contributed by atoms with Crippen molar-refractivity contribution in [1.82, 2.24) is 9.55 Å². The standard InChI is InChI=1S/C10H18N2O/c1-5-10(2,3)8(13)9-11-6-7-12(9)4/h6-8,13H,5H2,1-4H3. The lowest BCUT2D eigenvalue weighted by Gasteiger charge is -2.28. The fraction of sp³-hybridized carbons (Fsp3) is 0.700. The maximum Gasteiger partial charge on any atom is 0.137 e. The Morgan fingerprint density at radius 1 is 1.62 bits per heavy atom. The Morgan fingerprint density at radius 2 is 2.23 bits per heavy atom. The van der Waals surface area contributed by atoms with Gasteiger partial charge in [-0.25, -0.2) is 4.98 Å². The Kier molecular flexibility index (Phi) is 2.76. The molecular weight excluding hydrogens is 164 g/mol. The third-order valence-corrected chi connectivity index (χ3v) is 2.75. The first kappa shape index (κ1) is 10.3. The van der Waals surface area contributed by atoms with Gasteiger partial charge in [0.15, 0.2) is 0 Å². The van der Waals surface area contributed by atoms with Crippen LogP contribution in [0.4, 0.5) is 0 Å². The summed E-state index contributed by atoms with van der Waals surface area (Å²) in [5.74, 6) is 0.742. The monoisotopic (exact) mass is 182 g/mol. The predicted molar refractivity (Wildman–Crippen MR) is 52.2 cm³/mol. The van der Waals surface area contributed by atoms with E-state index in [1.807, 2.05) is 31.7 Å². The number of imidazole rings is 1. The highest BCUT2D eigenvalue weighted by Crippen LogP contribution is 2.34. The van der Waals surface area contributed by atoms with Crippen molar-refractivity contribution in [3.63, 3.8) is 0 Å². The van der Waals surface area contributed by atoms with E-state index in [1.54, 1.807) is 6.20 Å². The number of aryl methyl sites for hydroxylation is 1. The van der Waals surface area contributed by atoms with Crippen LogP contribution in [0.2, 0.25) is 0 Å². The number of aliphatic hydroxyl groups excluding tert-OH is 1. The summed E-state index contributed by atoms with van der Waals surface area (Å²) in [5.41, 5.74) is -0.112. The van der Waals surface area contributed by atoms with Gasteiger partial charge in [-0.1, -0.05) is 20.8 Å². The summed E-state index contributed by atoms with van der Waals surface area (Å²) in [6, 6.07) is 0. The summed E-state index contributed by atoms with van der Waals surface area (Å²) in [7, 11) is 1.90. The zero-order valence-electron chi connectivity index (χ0n) is 8.78. The zero-order valence-corrected chi connectivity index (χ0v) is 8.78. The number of nitrogens with zero attached hydrogens (tertiary/aromatic N) is 2. The lowest BCUT2D eigenvalue weighted by atomic mass is 9.83. The molecule has 1 unspecified atom stereocenters. The van der Waals surface area contributed by atoms with E-state index in [0.717, 1.165) is 12.2 Å². The minimum atomic E-state index is -0.488. The van der Waals surface area contributed by atoms with E-state index in [9.17, 15) is 5.11 Å². The summed E-state index contributed by atoms with van der Waals surface area (Å²) in [4.78, 5) is 4.14. The van der Waals surface area contributed by atoms with Crippen molar-refractivity contribution in [2.24, 2.45) is 12.5 Å². The van der Waals surface area contributed by atoms with E-state index in [0.29, 0.717) is 0 Å². The van der Waals surface area contributed by atoms with Gasteiger partial charge in [-0.3, -0.25) is 0 Å². The Morgan fingerprint density at radius 3 is 2.62 bits per heavy atom. The van der Waals surface area contributed by atoms with Gasteiger partial charge in [-0.15, -0.1) is 0 Å². The van der Waals surface area contributed by atoms with Crippen molar-refractivity contribution in [2.45, 2.75) is 33.3 Å². The molecule has 0 aromatic carbocycles. The van der Waals surface area contributed by atoms with Crippen LogP contribution in [-0.2, 0) is 7.05 Å². The number of rotatable bonds is 3. The van der Waals surface area contributed by atoms with E-state index < -0.39 is 6.10 Å². The fourth-order valence-corrected chi connectivity index (χ4v) is 1.18. The highest BCUT2D eigenvalue weighted by Gasteiger charge is 2.29. The Hall–Kier alpha value is -0.830. The normalized spacial score (nSPS) is 14.5. The van der Waals surface area contributed by atoms with Crippen molar-refractivity contribution < 1.29 is 5.11 Å². The van der Waals surface area contributed by atoms with Crippen LogP contribution < -0.4 is 0 Å². The van der Waals surface area contributed by atoms with E-state index in [4.69, 9.17) is 0 Å². The molecule has 1 atom stereocenters. The third-order valence-electron chi connectivity index (χ3n) is 2.75. The highest BCUT2D eigenvalue weighted by atomic mass is 16.3. The van der Waals surface area contributed by atoms with Crippen molar-refractivity contribution in [3.05, 3.63) is 18.2 Å². The maximum absolute atomic E-state index is 10.0. The molecule has 0 spiro atoms. The van der Waals surface area contributed by atoms with Gasteiger partial charge in [-0.2, -0.15) is 0 Å². The topological polar surface area (TPSA) is 38.1 Å². The molecule has 0 aliphatic heterocycles. The van der Waals surface area contributed by atoms with E-state index in [1.165, 1.54) is 0 Å². The van der Waals surface area contributed by atoms with Crippen LogP contribution in [0.1, 0.15) is 39.1 Å². The van der Waals surface area contributed by atoms with Gasteiger partial charge >= 0.3 is 0 Å². The van der Waals surface area contributed by atoms with Gasteiger partial charge in [0, 0.05) is 19.4 Å². The summed E-state index contributed by atoms with van der Waals surface area (Å²) >= 11 is 0. The number of hydrogen-bond acceptors (Lipinski definition) is 2. The van der Waals surface area contributed by atoms with Gasteiger partial charge in [0.25, 0.3) is 0 Å². The molecule has 0 saturated carbocycles. The second-order valence-electron chi connectivity index (χ2n) is 4.14. The second-order valence-corrected chi connectivity index (χ2v) is 4.14. The number of aromatic nitrogens is 2. The highest BCUT2D eigenvalue weighted by molar-refractivity contribution is 5.00. The molecule has 0 amide bonds. The van der Waals surface area contributed by atoms with Crippen molar-refractivity contribution in [3.8, 4) is 0 Å². The Bertz CT molecular complexity index is 278. The van der Waals surface area contributed by atoms with Gasteiger partial charge in [0.2, 0.25) is 0 Å². The van der Waals surface area contributed by atoms with Crippen LogP contribution in [0.5, 0.6) is 0 Å². The van der Waals surface area contributed by atoms with Crippen LogP contribution in [0.3, 0.4) is 0 Å². The average Bonchev–Trinajstić information content (AvgIpc) is 2.50. The number of aliphatic hydroxyl groups is 1. The van der Waals surface area contributed by atoms with Crippen molar-refractivity contribution in [2.75, 3.05) is 0 Å². The largest absolute Gasteiger partial charge is 0.385 e. The molecule has 1 aromatic rings. The minimum absolute atomic E-state index is 0.112. The molecule has 3 nitrogen and oxygen atoms in total. The van der Waals surface area contributed by atoms with E-state index in [-0.39, 0.29) is 5.41 Å². The SMILES string of the molecule is CCC(C)(C)C(O)c1nccn1C. The summed E-state index contributed by atoms with van der Waals surface area (Å²) < 4.78 is 1.86. The van der Waals surface area contributed by atoms with Crippen LogP contribution in [-0.4, -0.2) is 14.7 Å². The molecule has 0 aliphatic rings. The zero-order chi connectivity index (χ0) is 10.1. The van der Waals surface area contributed by atoms with Gasteiger partial charge in [0.05, 0.1) is 0 Å². The lowest BCUT2D eigenvalue weighted by Crippen LogP contribution is -2.23. The smallest absolute Gasteiger partial charge is 0.137 e. The molecule has 1 heterocycles. The first-order chi connectivity index (χ1) is 5.99. The molecule has 1 rings (SSSR count). The second kappa shape index (κ2) is 3.50. The molecule has 0 saturated heterocycles. The summed E-state index contributed by atoms with van der Waals surface area (Å²) in [5, 5.41) is 10.0. The molecule has 13 heavy (non-hydrogen) atoms. The van der Waals surface area contributed by atoms with Gasteiger partial charge in [0.1, 0.15) is 11.9 Å². The van der Waals surface area contributed by atoms with Crippen molar-refractivity contribution >= 4 is 0 Å². The Labute approximate surface area is 79.4 Å². The molecule has 1 N–H and O–H groups in total. The third kappa shape index (κ3) is 1.91. The Balaban J connectivity index is 2.91. The molecule has 0 radical (unpaired) electrons. The van der Waals surface area contributed by atoms with Crippen LogP contribution in [0.15, 0.2) is 12.4 Å². The summed E-state index contributed by atoms with van der Waals surface area (Å²) in [6.07, 6.45) is 4.01. The maximum atomic E-state index is 10.0. The van der Waals surface area contributed by atoms with E-state index in [2.05, 4.69) is 11.9 Å². The molecule has 1 aromatic heterocycles. The van der Waals surface area contributed by atoms with Crippen LogP contribution in [0, 0.1) is 5.41 Å². The van der Waals surface area contributed by atoms with Gasteiger partial charge in [-0.05, 0) is 11.8 Å². The quantitative estimate of drug-likeness (QED) is 0.775.